The molecular weight excluding hydrogens is 156 g/mol. The summed E-state index contributed by atoms with van der Waals surface area (Å²) < 4.78 is 4.73. The van der Waals surface area contributed by atoms with Crippen molar-refractivity contribution in [1.82, 2.24) is 10.2 Å². The minimum atomic E-state index is -0.426. The van der Waals surface area contributed by atoms with Gasteiger partial charge in [-0.05, 0) is 26.0 Å². The van der Waals surface area contributed by atoms with Crippen molar-refractivity contribution >= 4 is 5.97 Å². The molecule has 0 aliphatic carbocycles. The van der Waals surface area contributed by atoms with Crippen molar-refractivity contribution in [2.75, 3.05) is 6.61 Å². The van der Waals surface area contributed by atoms with Gasteiger partial charge in [-0.2, -0.15) is 5.10 Å². The van der Waals surface area contributed by atoms with Gasteiger partial charge in [-0.1, -0.05) is 0 Å². The number of rotatable bonds is 2. The van der Waals surface area contributed by atoms with E-state index in [0.717, 1.165) is 5.69 Å². The Morgan fingerprint density at radius 3 is 2.75 bits per heavy atom. The van der Waals surface area contributed by atoms with E-state index in [-0.39, 0.29) is 5.69 Å². The molecular formula is C8H10N2O2. The Labute approximate surface area is 70.6 Å². The molecule has 12 heavy (non-hydrogen) atoms. The second kappa shape index (κ2) is 3.80. The Kier molecular flexibility index (Phi) is 2.74. The van der Waals surface area contributed by atoms with Gasteiger partial charge in [0.2, 0.25) is 0 Å². The van der Waals surface area contributed by atoms with Crippen LogP contribution in [0.1, 0.15) is 23.1 Å². The maximum Gasteiger partial charge on any atom is 0.358 e. The number of nitrogens with zero attached hydrogens (tertiary/aromatic N) is 2. The molecule has 4 heteroatoms. The first-order chi connectivity index (χ1) is 5.74. The van der Waals surface area contributed by atoms with Crippen molar-refractivity contribution < 1.29 is 9.53 Å². The maximum absolute atomic E-state index is 11.0. The van der Waals surface area contributed by atoms with E-state index < -0.39 is 5.97 Å². The molecule has 1 rings (SSSR count). The van der Waals surface area contributed by atoms with Crippen LogP contribution in [-0.4, -0.2) is 22.8 Å². The van der Waals surface area contributed by atoms with Gasteiger partial charge in [-0.15, -0.1) is 5.10 Å². The van der Waals surface area contributed by atoms with Crippen molar-refractivity contribution in [3.05, 3.63) is 23.5 Å². The summed E-state index contributed by atoms with van der Waals surface area (Å²) in [6, 6.07) is 3.32. The summed E-state index contributed by atoms with van der Waals surface area (Å²) in [5, 5.41) is 7.40. The van der Waals surface area contributed by atoms with E-state index >= 15 is 0 Å². The molecule has 0 aliphatic heterocycles. The van der Waals surface area contributed by atoms with Gasteiger partial charge in [0.25, 0.3) is 0 Å². The highest BCUT2D eigenvalue weighted by molar-refractivity contribution is 5.86. The minimum absolute atomic E-state index is 0.252. The van der Waals surface area contributed by atoms with Crippen molar-refractivity contribution in [3.8, 4) is 0 Å². The minimum Gasteiger partial charge on any atom is -0.461 e. The van der Waals surface area contributed by atoms with Gasteiger partial charge in [0.05, 0.1) is 12.3 Å². The molecule has 0 atom stereocenters. The topological polar surface area (TPSA) is 52.1 Å². The lowest BCUT2D eigenvalue weighted by molar-refractivity contribution is 0.0518. The molecule has 64 valence electrons. The molecule has 0 bridgehead atoms. The molecule has 0 saturated carbocycles. The van der Waals surface area contributed by atoms with Crippen LogP contribution in [0.5, 0.6) is 0 Å². The first-order valence-electron chi connectivity index (χ1n) is 3.71. The lowest BCUT2D eigenvalue weighted by Crippen LogP contribution is -2.07. The van der Waals surface area contributed by atoms with Crippen LogP contribution in [0.3, 0.4) is 0 Å². The summed E-state index contributed by atoms with van der Waals surface area (Å²) in [5.74, 6) is -0.426. The third-order valence-corrected chi connectivity index (χ3v) is 1.28. The Balaban J connectivity index is 2.75. The monoisotopic (exact) mass is 166 g/mol. The van der Waals surface area contributed by atoms with E-state index in [4.69, 9.17) is 4.74 Å². The number of carbonyl (C=O) groups excluding carboxylic acids is 1. The van der Waals surface area contributed by atoms with Gasteiger partial charge >= 0.3 is 5.97 Å². The number of hydrogen-bond donors (Lipinski definition) is 0. The number of aromatic nitrogens is 2. The van der Waals surface area contributed by atoms with Gasteiger partial charge in [0.1, 0.15) is 0 Å². The van der Waals surface area contributed by atoms with Gasteiger partial charge in [0.15, 0.2) is 5.69 Å². The molecule has 0 saturated heterocycles. The maximum atomic E-state index is 11.0. The molecule has 1 aromatic heterocycles. The van der Waals surface area contributed by atoms with Gasteiger partial charge in [-0.25, -0.2) is 4.79 Å². The summed E-state index contributed by atoms with van der Waals surface area (Å²) in [6.07, 6.45) is 0. The van der Waals surface area contributed by atoms with Gasteiger partial charge in [0, 0.05) is 0 Å². The van der Waals surface area contributed by atoms with E-state index in [2.05, 4.69) is 10.2 Å². The highest BCUT2D eigenvalue weighted by Gasteiger charge is 2.06. The fourth-order valence-electron chi connectivity index (χ4n) is 0.713. The van der Waals surface area contributed by atoms with Crippen LogP contribution < -0.4 is 0 Å². The average Bonchev–Trinajstić information content (AvgIpc) is 2.06. The second-order valence-electron chi connectivity index (χ2n) is 2.28. The third-order valence-electron chi connectivity index (χ3n) is 1.28. The largest absolute Gasteiger partial charge is 0.461 e. The van der Waals surface area contributed by atoms with Crippen LogP contribution >= 0.6 is 0 Å². The molecule has 0 amide bonds. The average molecular weight is 166 g/mol. The highest BCUT2D eigenvalue weighted by atomic mass is 16.5. The third kappa shape index (κ3) is 2.02. The number of hydrogen-bond acceptors (Lipinski definition) is 4. The molecule has 4 nitrogen and oxygen atoms in total. The van der Waals surface area contributed by atoms with E-state index in [1.54, 1.807) is 19.1 Å². The Bertz CT molecular complexity index is 269. The van der Waals surface area contributed by atoms with E-state index in [9.17, 15) is 4.79 Å². The molecule has 0 fully saturated rings. The van der Waals surface area contributed by atoms with Crippen LogP contribution in [-0.2, 0) is 4.74 Å². The number of aryl methyl sites for hydroxylation is 1. The van der Waals surface area contributed by atoms with Crippen LogP contribution in [0, 0.1) is 6.92 Å². The SMILES string of the molecule is CCOC(=O)c1ccc(C)nn1. The molecule has 1 heterocycles. The van der Waals surface area contributed by atoms with Crippen molar-refractivity contribution in [1.29, 1.82) is 0 Å². The number of carbonyl (C=O) groups is 1. The summed E-state index contributed by atoms with van der Waals surface area (Å²) in [5.41, 5.74) is 1.03. The standard InChI is InChI=1S/C8H10N2O2/c1-3-12-8(11)7-5-4-6(2)9-10-7/h4-5H,3H2,1-2H3. The van der Waals surface area contributed by atoms with Gasteiger partial charge < -0.3 is 4.74 Å². The predicted molar refractivity (Wildman–Crippen MR) is 42.7 cm³/mol. The molecule has 0 spiro atoms. The van der Waals surface area contributed by atoms with Crippen LogP contribution in [0.2, 0.25) is 0 Å². The van der Waals surface area contributed by atoms with E-state index in [0.29, 0.717) is 6.61 Å². The molecule has 0 aliphatic rings. The zero-order valence-corrected chi connectivity index (χ0v) is 7.07. The normalized spacial score (nSPS) is 9.50. The summed E-state index contributed by atoms with van der Waals surface area (Å²) in [4.78, 5) is 11.0. The predicted octanol–water partition coefficient (Wildman–Crippen LogP) is 0.962. The number of esters is 1. The Morgan fingerprint density at radius 2 is 2.25 bits per heavy atom. The van der Waals surface area contributed by atoms with Crippen molar-refractivity contribution in [3.63, 3.8) is 0 Å². The Hall–Kier alpha value is -1.45. The molecule has 0 N–H and O–H groups in total. The lowest BCUT2D eigenvalue weighted by atomic mass is 10.3. The zero-order valence-electron chi connectivity index (χ0n) is 7.07. The Morgan fingerprint density at radius 1 is 1.50 bits per heavy atom. The molecule has 0 aromatic carbocycles. The second-order valence-corrected chi connectivity index (χ2v) is 2.28. The first-order valence-corrected chi connectivity index (χ1v) is 3.71. The fourth-order valence-corrected chi connectivity index (χ4v) is 0.713. The quantitative estimate of drug-likeness (QED) is 0.614. The summed E-state index contributed by atoms with van der Waals surface area (Å²) in [6.45, 7) is 3.91. The lowest BCUT2D eigenvalue weighted by Gasteiger charge is -1.98. The van der Waals surface area contributed by atoms with Crippen molar-refractivity contribution in [2.45, 2.75) is 13.8 Å². The molecule has 0 radical (unpaired) electrons. The van der Waals surface area contributed by atoms with Crippen LogP contribution in [0.15, 0.2) is 12.1 Å². The van der Waals surface area contributed by atoms with Crippen molar-refractivity contribution in [2.24, 2.45) is 0 Å². The smallest absolute Gasteiger partial charge is 0.358 e. The van der Waals surface area contributed by atoms with E-state index in [1.807, 2.05) is 6.92 Å². The highest BCUT2D eigenvalue weighted by Crippen LogP contribution is 1.97. The zero-order chi connectivity index (χ0) is 8.97. The summed E-state index contributed by atoms with van der Waals surface area (Å²) in [7, 11) is 0. The van der Waals surface area contributed by atoms with E-state index in [1.165, 1.54) is 0 Å². The van der Waals surface area contributed by atoms with Crippen LogP contribution in [0.4, 0.5) is 0 Å². The van der Waals surface area contributed by atoms with Gasteiger partial charge in [-0.3, -0.25) is 0 Å². The number of ether oxygens (including phenoxy) is 1. The molecule has 0 unspecified atom stereocenters. The first kappa shape index (κ1) is 8.64. The summed E-state index contributed by atoms with van der Waals surface area (Å²) >= 11 is 0. The fraction of sp³-hybridized carbons (Fsp3) is 0.375. The van der Waals surface area contributed by atoms with Crippen LogP contribution in [0.25, 0.3) is 0 Å². The molecule has 1 aromatic rings.